The van der Waals surface area contributed by atoms with E-state index < -0.39 is 11.6 Å². The highest BCUT2D eigenvalue weighted by Crippen LogP contribution is 2.28. The van der Waals surface area contributed by atoms with Crippen molar-refractivity contribution >= 4 is 0 Å². The predicted molar refractivity (Wildman–Crippen MR) is 70.9 cm³/mol. The number of benzene rings is 1. The highest BCUT2D eigenvalue weighted by molar-refractivity contribution is 5.34. The van der Waals surface area contributed by atoms with E-state index in [0.717, 1.165) is 31.1 Å². The second-order valence-electron chi connectivity index (χ2n) is 5.08. The SMILES string of the molecule is N#Cc1cc(F)c(CNCCCOCC2CC2)c(F)c1. The van der Waals surface area contributed by atoms with E-state index in [1.54, 1.807) is 6.07 Å². The van der Waals surface area contributed by atoms with Crippen molar-refractivity contribution in [2.45, 2.75) is 25.8 Å². The van der Waals surface area contributed by atoms with Gasteiger partial charge in [-0.25, -0.2) is 8.78 Å². The van der Waals surface area contributed by atoms with Gasteiger partial charge in [-0.05, 0) is 43.9 Å². The van der Waals surface area contributed by atoms with Crippen molar-refractivity contribution in [3.63, 3.8) is 0 Å². The van der Waals surface area contributed by atoms with Crippen LogP contribution in [0.4, 0.5) is 8.78 Å². The van der Waals surface area contributed by atoms with Gasteiger partial charge in [0.2, 0.25) is 0 Å². The van der Waals surface area contributed by atoms with Crippen molar-refractivity contribution < 1.29 is 13.5 Å². The van der Waals surface area contributed by atoms with Crippen LogP contribution >= 0.6 is 0 Å². The quantitative estimate of drug-likeness (QED) is 0.745. The van der Waals surface area contributed by atoms with Gasteiger partial charge in [0.1, 0.15) is 11.6 Å². The molecule has 0 atom stereocenters. The average molecular weight is 280 g/mol. The zero-order chi connectivity index (χ0) is 14.4. The number of hydrogen-bond acceptors (Lipinski definition) is 3. The summed E-state index contributed by atoms with van der Waals surface area (Å²) < 4.78 is 32.6. The molecule has 1 aliphatic rings. The van der Waals surface area contributed by atoms with Crippen molar-refractivity contribution in [1.29, 1.82) is 5.26 Å². The van der Waals surface area contributed by atoms with Gasteiger partial charge in [-0.1, -0.05) is 0 Å². The molecule has 0 aromatic heterocycles. The van der Waals surface area contributed by atoms with Crippen LogP contribution in [0.5, 0.6) is 0 Å². The lowest BCUT2D eigenvalue weighted by Crippen LogP contribution is -2.18. The Bertz CT molecular complexity index is 472. The van der Waals surface area contributed by atoms with Crippen molar-refractivity contribution in [2.75, 3.05) is 19.8 Å². The van der Waals surface area contributed by atoms with E-state index in [9.17, 15) is 8.78 Å². The molecule has 2 rings (SSSR count). The molecule has 0 bridgehead atoms. The summed E-state index contributed by atoms with van der Waals surface area (Å²) in [6.07, 6.45) is 3.36. The Labute approximate surface area is 117 Å². The third kappa shape index (κ3) is 4.55. The lowest BCUT2D eigenvalue weighted by Gasteiger charge is -2.08. The molecule has 0 unspecified atom stereocenters. The molecule has 0 amide bonds. The van der Waals surface area contributed by atoms with E-state index in [2.05, 4.69) is 5.32 Å². The molecule has 0 saturated heterocycles. The van der Waals surface area contributed by atoms with E-state index in [1.807, 2.05) is 0 Å². The number of nitrogens with one attached hydrogen (secondary N) is 1. The molecule has 1 N–H and O–H groups in total. The van der Waals surface area contributed by atoms with Crippen LogP contribution in [0.25, 0.3) is 0 Å². The van der Waals surface area contributed by atoms with Gasteiger partial charge in [0.15, 0.2) is 0 Å². The standard InChI is InChI=1S/C15H18F2N2O/c16-14-6-12(8-18)7-15(17)13(14)9-19-4-1-5-20-10-11-2-3-11/h6-7,11,19H,1-5,9-10H2. The zero-order valence-corrected chi connectivity index (χ0v) is 11.3. The highest BCUT2D eigenvalue weighted by atomic mass is 19.1. The Morgan fingerprint density at radius 1 is 1.30 bits per heavy atom. The summed E-state index contributed by atoms with van der Waals surface area (Å²) in [5.74, 6) is -0.608. The number of rotatable bonds is 8. The van der Waals surface area contributed by atoms with Crippen molar-refractivity contribution in [2.24, 2.45) is 5.92 Å². The Morgan fingerprint density at radius 2 is 2.00 bits per heavy atom. The number of nitriles is 1. The molecule has 0 radical (unpaired) electrons. The molecule has 1 aliphatic carbocycles. The van der Waals surface area contributed by atoms with Crippen LogP contribution in [0, 0.1) is 28.9 Å². The maximum atomic E-state index is 13.6. The smallest absolute Gasteiger partial charge is 0.131 e. The molecule has 20 heavy (non-hydrogen) atoms. The Kier molecular flexibility index (Phi) is 5.45. The first kappa shape index (κ1) is 14.9. The normalized spacial score (nSPS) is 14.2. The lowest BCUT2D eigenvalue weighted by molar-refractivity contribution is 0.122. The van der Waals surface area contributed by atoms with Gasteiger partial charge in [0, 0.05) is 25.3 Å². The number of nitrogens with zero attached hydrogens (tertiary/aromatic N) is 1. The molecule has 3 nitrogen and oxygen atoms in total. The summed E-state index contributed by atoms with van der Waals surface area (Å²) in [6, 6.07) is 3.83. The predicted octanol–water partition coefficient (Wildman–Crippen LogP) is 2.74. The van der Waals surface area contributed by atoms with Gasteiger partial charge < -0.3 is 10.1 Å². The topological polar surface area (TPSA) is 45.0 Å². The van der Waals surface area contributed by atoms with E-state index in [1.165, 1.54) is 12.8 Å². The van der Waals surface area contributed by atoms with Crippen molar-refractivity contribution in [1.82, 2.24) is 5.32 Å². The van der Waals surface area contributed by atoms with Gasteiger partial charge in [0.25, 0.3) is 0 Å². The minimum atomic E-state index is -0.681. The third-order valence-corrected chi connectivity index (χ3v) is 3.26. The monoisotopic (exact) mass is 280 g/mol. The molecule has 108 valence electrons. The fourth-order valence-corrected chi connectivity index (χ4v) is 1.88. The number of halogens is 2. The van der Waals surface area contributed by atoms with Gasteiger partial charge in [-0.15, -0.1) is 0 Å². The van der Waals surface area contributed by atoms with Gasteiger partial charge in [-0.3, -0.25) is 0 Å². The van der Waals surface area contributed by atoms with Crippen molar-refractivity contribution in [3.8, 4) is 6.07 Å². The van der Waals surface area contributed by atoms with Crippen LogP contribution in [0.3, 0.4) is 0 Å². The molecule has 0 spiro atoms. The minimum Gasteiger partial charge on any atom is -0.381 e. The maximum Gasteiger partial charge on any atom is 0.131 e. The average Bonchev–Trinajstić information content (AvgIpc) is 3.24. The summed E-state index contributed by atoms with van der Waals surface area (Å²) in [7, 11) is 0. The van der Waals surface area contributed by atoms with E-state index >= 15 is 0 Å². The zero-order valence-electron chi connectivity index (χ0n) is 11.3. The minimum absolute atomic E-state index is 0.00257. The van der Waals surface area contributed by atoms with Gasteiger partial charge in [-0.2, -0.15) is 5.26 Å². The molecule has 1 saturated carbocycles. The molecule has 5 heteroatoms. The molecule has 0 heterocycles. The first-order chi connectivity index (χ1) is 9.70. The van der Waals surface area contributed by atoms with E-state index in [4.69, 9.17) is 10.00 Å². The molecule has 1 aromatic carbocycles. The number of hydrogen-bond donors (Lipinski definition) is 1. The molecule has 1 fully saturated rings. The second-order valence-corrected chi connectivity index (χ2v) is 5.08. The maximum absolute atomic E-state index is 13.6. The van der Waals surface area contributed by atoms with Crippen LogP contribution < -0.4 is 5.32 Å². The first-order valence-corrected chi connectivity index (χ1v) is 6.87. The molecule has 0 aliphatic heterocycles. The molecule has 1 aromatic rings. The van der Waals surface area contributed by atoms with Crippen LogP contribution in [-0.4, -0.2) is 19.8 Å². The van der Waals surface area contributed by atoms with Gasteiger partial charge in [0.05, 0.1) is 11.6 Å². The summed E-state index contributed by atoms with van der Waals surface area (Å²) in [5, 5.41) is 11.6. The van der Waals surface area contributed by atoms with Crippen LogP contribution in [0.15, 0.2) is 12.1 Å². The van der Waals surface area contributed by atoms with Crippen LogP contribution in [0.2, 0.25) is 0 Å². The summed E-state index contributed by atoms with van der Waals surface area (Å²) >= 11 is 0. The first-order valence-electron chi connectivity index (χ1n) is 6.87. The highest BCUT2D eigenvalue weighted by Gasteiger charge is 2.20. The molecular weight excluding hydrogens is 262 g/mol. The summed E-state index contributed by atoms with van der Waals surface area (Å²) in [5.41, 5.74) is -0.0277. The Hall–Kier alpha value is -1.51. The number of ether oxygens (including phenoxy) is 1. The second kappa shape index (κ2) is 7.32. The van der Waals surface area contributed by atoms with Crippen LogP contribution in [-0.2, 0) is 11.3 Å². The fraction of sp³-hybridized carbons (Fsp3) is 0.533. The van der Waals surface area contributed by atoms with Crippen LogP contribution in [0.1, 0.15) is 30.4 Å². The lowest BCUT2D eigenvalue weighted by atomic mass is 10.1. The fourth-order valence-electron chi connectivity index (χ4n) is 1.88. The van der Waals surface area contributed by atoms with E-state index in [-0.39, 0.29) is 17.7 Å². The van der Waals surface area contributed by atoms with Crippen molar-refractivity contribution in [3.05, 3.63) is 34.9 Å². The Balaban J connectivity index is 1.66. The summed E-state index contributed by atoms with van der Waals surface area (Å²) in [6.45, 7) is 2.26. The van der Waals surface area contributed by atoms with Gasteiger partial charge >= 0.3 is 0 Å². The molecular formula is C15H18F2N2O. The van der Waals surface area contributed by atoms with E-state index in [0.29, 0.717) is 13.2 Å². The third-order valence-electron chi connectivity index (χ3n) is 3.26. The summed E-state index contributed by atoms with van der Waals surface area (Å²) in [4.78, 5) is 0. The largest absolute Gasteiger partial charge is 0.381 e. The Morgan fingerprint density at radius 3 is 2.60 bits per heavy atom.